The Morgan fingerprint density at radius 2 is 2.05 bits per heavy atom. The maximum absolute atomic E-state index is 12.9. The molecule has 4 nitrogen and oxygen atoms in total. The van der Waals surface area contributed by atoms with E-state index in [9.17, 15) is 9.18 Å². The van der Waals surface area contributed by atoms with Gasteiger partial charge in [0.25, 0.3) is 5.91 Å². The summed E-state index contributed by atoms with van der Waals surface area (Å²) in [7, 11) is 0. The van der Waals surface area contributed by atoms with Gasteiger partial charge in [0, 0.05) is 12.6 Å². The van der Waals surface area contributed by atoms with Gasteiger partial charge in [-0.05, 0) is 63.3 Å². The van der Waals surface area contributed by atoms with E-state index in [1.54, 1.807) is 13.8 Å². The number of amides is 1. The predicted molar refractivity (Wildman–Crippen MR) is 77.5 cm³/mol. The average molecular weight is 295 g/mol. The van der Waals surface area contributed by atoms with E-state index in [-0.39, 0.29) is 24.4 Å². The molecule has 116 valence electrons. The van der Waals surface area contributed by atoms with Crippen LogP contribution in [0.25, 0.3) is 0 Å². The number of ether oxygens (including phenoxy) is 1. The number of aliphatic hydroxyl groups excluding tert-OH is 1. The number of rotatable bonds is 7. The molecule has 2 rings (SSSR count). The van der Waals surface area contributed by atoms with Crippen molar-refractivity contribution >= 4 is 5.91 Å². The van der Waals surface area contributed by atoms with Gasteiger partial charge in [-0.3, -0.25) is 4.79 Å². The van der Waals surface area contributed by atoms with Crippen LogP contribution in [-0.4, -0.2) is 29.3 Å². The van der Waals surface area contributed by atoms with Gasteiger partial charge < -0.3 is 15.2 Å². The second-order valence-corrected chi connectivity index (χ2v) is 6.00. The Kier molecular flexibility index (Phi) is 4.83. The van der Waals surface area contributed by atoms with E-state index in [0.29, 0.717) is 18.1 Å². The highest BCUT2D eigenvalue weighted by Crippen LogP contribution is 2.34. The van der Waals surface area contributed by atoms with Crippen LogP contribution in [0, 0.1) is 11.7 Å². The Labute approximate surface area is 124 Å². The molecule has 1 aliphatic carbocycles. The maximum atomic E-state index is 12.9. The van der Waals surface area contributed by atoms with Crippen LogP contribution in [0.4, 0.5) is 4.39 Å². The highest BCUT2D eigenvalue weighted by Gasteiger charge is 2.36. The number of hydrogen-bond donors (Lipinski definition) is 2. The molecule has 5 heteroatoms. The number of halogens is 1. The van der Waals surface area contributed by atoms with Crippen LogP contribution < -0.4 is 10.1 Å². The first-order valence-corrected chi connectivity index (χ1v) is 7.29. The van der Waals surface area contributed by atoms with E-state index in [0.717, 1.165) is 12.8 Å². The topological polar surface area (TPSA) is 58.6 Å². The highest BCUT2D eigenvalue weighted by molar-refractivity contribution is 5.85. The normalized spacial score (nSPS) is 16.4. The first-order valence-electron chi connectivity index (χ1n) is 7.29. The molecule has 0 aliphatic heterocycles. The number of nitrogens with one attached hydrogen (secondary N) is 1. The number of carbonyl (C=O) groups is 1. The van der Waals surface area contributed by atoms with Gasteiger partial charge in [0.2, 0.25) is 0 Å². The second-order valence-electron chi connectivity index (χ2n) is 6.00. The summed E-state index contributed by atoms with van der Waals surface area (Å²) in [5, 5.41) is 12.0. The van der Waals surface area contributed by atoms with E-state index >= 15 is 0 Å². The van der Waals surface area contributed by atoms with Crippen molar-refractivity contribution in [3.63, 3.8) is 0 Å². The zero-order valence-electron chi connectivity index (χ0n) is 12.4. The lowest BCUT2D eigenvalue weighted by molar-refractivity contribution is -0.135. The minimum atomic E-state index is -1.06. The summed E-state index contributed by atoms with van der Waals surface area (Å²) < 4.78 is 18.5. The molecule has 1 unspecified atom stereocenters. The number of benzene rings is 1. The number of carbonyl (C=O) groups excluding carboxylic acids is 1. The van der Waals surface area contributed by atoms with Gasteiger partial charge in [0.1, 0.15) is 11.6 Å². The molecule has 1 fully saturated rings. The van der Waals surface area contributed by atoms with Crippen LogP contribution in [0.5, 0.6) is 5.75 Å². The van der Waals surface area contributed by atoms with Gasteiger partial charge in [0.15, 0.2) is 5.60 Å². The smallest absolute Gasteiger partial charge is 0.263 e. The van der Waals surface area contributed by atoms with Gasteiger partial charge >= 0.3 is 0 Å². The number of hydrogen-bond acceptors (Lipinski definition) is 3. The highest BCUT2D eigenvalue weighted by atomic mass is 19.1. The van der Waals surface area contributed by atoms with E-state index in [2.05, 4.69) is 5.32 Å². The van der Waals surface area contributed by atoms with Gasteiger partial charge in [0.05, 0.1) is 0 Å². The Hall–Kier alpha value is -1.62. The third-order valence-corrected chi connectivity index (χ3v) is 3.68. The van der Waals surface area contributed by atoms with Crippen molar-refractivity contribution in [2.75, 3.05) is 6.61 Å². The fourth-order valence-electron chi connectivity index (χ4n) is 2.25. The molecule has 1 aliphatic rings. The fraction of sp³-hybridized carbons (Fsp3) is 0.562. The standard InChI is InChI=1S/C16H22FNO3/c1-16(2,21-13-7-5-12(17)6-8-13)15(20)18-14(9-10-19)11-3-4-11/h5-8,11,14,19H,3-4,9-10H2,1-2H3,(H,18,20). The van der Waals surface area contributed by atoms with Crippen LogP contribution in [0.15, 0.2) is 24.3 Å². The second kappa shape index (κ2) is 6.43. The molecule has 0 radical (unpaired) electrons. The summed E-state index contributed by atoms with van der Waals surface area (Å²) in [4.78, 5) is 12.4. The first-order chi connectivity index (χ1) is 9.92. The quantitative estimate of drug-likeness (QED) is 0.811. The summed E-state index contributed by atoms with van der Waals surface area (Å²) in [5.41, 5.74) is -1.06. The van der Waals surface area contributed by atoms with Crippen molar-refractivity contribution < 1.29 is 19.0 Å². The lowest BCUT2D eigenvalue weighted by Gasteiger charge is -2.28. The number of aliphatic hydroxyl groups is 1. The summed E-state index contributed by atoms with van der Waals surface area (Å²) in [5.74, 6) is 0.336. The van der Waals surface area contributed by atoms with E-state index in [1.807, 2.05) is 0 Å². The molecule has 1 atom stereocenters. The summed E-state index contributed by atoms with van der Waals surface area (Å²) in [6.07, 6.45) is 2.73. The molecular formula is C16H22FNO3. The summed E-state index contributed by atoms with van der Waals surface area (Å²) >= 11 is 0. The van der Waals surface area contributed by atoms with Gasteiger partial charge in [-0.1, -0.05) is 0 Å². The Balaban J connectivity index is 1.96. The SMILES string of the molecule is CC(C)(Oc1ccc(F)cc1)C(=O)NC(CCO)C1CC1. The van der Waals surface area contributed by atoms with Gasteiger partial charge in [-0.25, -0.2) is 4.39 Å². The van der Waals surface area contributed by atoms with Crippen molar-refractivity contribution in [2.24, 2.45) is 5.92 Å². The molecule has 0 spiro atoms. The van der Waals surface area contributed by atoms with Gasteiger partial charge in [-0.15, -0.1) is 0 Å². The lowest BCUT2D eigenvalue weighted by atomic mass is 10.0. The monoisotopic (exact) mass is 295 g/mol. The minimum absolute atomic E-state index is 0.00130. The van der Waals surface area contributed by atoms with Crippen LogP contribution in [0.3, 0.4) is 0 Å². The predicted octanol–water partition coefficient (Wildman–Crippen LogP) is 2.26. The molecule has 0 aromatic heterocycles. The van der Waals surface area contributed by atoms with Crippen LogP contribution in [-0.2, 0) is 4.79 Å². The Morgan fingerprint density at radius 3 is 2.57 bits per heavy atom. The maximum Gasteiger partial charge on any atom is 0.263 e. The lowest BCUT2D eigenvalue weighted by Crippen LogP contribution is -2.50. The van der Waals surface area contributed by atoms with E-state index in [1.165, 1.54) is 24.3 Å². The summed E-state index contributed by atoms with van der Waals surface area (Å²) in [6.45, 7) is 3.41. The van der Waals surface area contributed by atoms with Crippen molar-refractivity contribution in [3.8, 4) is 5.75 Å². The molecule has 2 N–H and O–H groups in total. The molecule has 1 saturated carbocycles. The molecule has 1 aromatic rings. The van der Waals surface area contributed by atoms with Crippen molar-refractivity contribution in [2.45, 2.75) is 44.8 Å². The third-order valence-electron chi connectivity index (χ3n) is 3.68. The van der Waals surface area contributed by atoms with Gasteiger partial charge in [-0.2, -0.15) is 0 Å². The van der Waals surface area contributed by atoms with Crippen LogP contribution in [0.1, 0.15) is 33.1 Å². The molecule has 1 aromatic carbocycles. The average Bonchev–Trinajstić information content (AvgIpc) is 3.25. The zero-order valence-corrected chi connectivity index (χ0v) is 12.4. The molecule has 21 heavy (non-hydrogen) atoms. The zero-order chi connectivity index (χ0) is 15.5. The van der Waals surface area contributed by atoms with Crippen molar-refractivity contribution in [3.05, 3.63) is 30.1 Å². The summed E-state index contributed by atoms with van der Waals surface area (Å²) in [6, 6.07) is 5.58. The first kappa shape index (κ1) is 15.8. The largest absolute Gasteiger partial charge is 0.478 e. The Morgan fingerprint density at radius 1 is 1.43 bits per heavy atom. The van der Waals surface area contributed by atoms with Crippen LogP contribution in [0.2, 0.25) is 0 Å². The van der Waals surface area contributed by atoms with E-state index in [4.69, 9.17) is 9.84 Å². The van der Waals surface area contributed by atoms with Crippen molar-refractivity contribution in [1.29, 1.82) is 0 Å². The Bertz CT molecular complexity index is 483. The van der Waals surface area contributed by atoms with Crippen LogP contribution >= 0.6 is 0 Å². The fourth-order valence-corrected chi connectivity index (χ4v) is 2.25. The van der Waals surface area contributed by atoms with Crippen molar-refractivity contribution in [1.82, 2.24) is 5.32 Å². The molecular weight excluding hydrogens is 273 g/mol. The van der Waals surface area contributed by atoms with E-state index < -0.39 is 5.60 Å². The molecule has 1 amide bonds. The molecule has 0 bridgehead atoms. The molecule has 0 heterocycles. The minimum Gasteiger partial charge on any atom is -0.478 e. The molecule has 0 saturated heterocycles. The third kappa shape index (κ3) is 4.43.